The summed E-state index contributed by atoms with van der Waals surface area (Å²) in [5.41, 5.74) is 0.284. The first-order valence-corrected chi connectivity index (χ1v) is 10.6. The monoisotopic (exact) mass is 471 g/mol. The Morgan fingerprint density at radius 3 is 2.37 bits per heavy atom. The molecule has 0 saturated carbocycles. The van der Waals surface area contributed by atoms with Crippen LogP contribution in [0.1, 0.15) is 48.5 Å². The van der Waals surface area contributed by atoms with E-state index in [1.165, 1.54) is 30.5 Å². The summed E-state index contributed by atoms with van der Waals surface area (Å²) in [6, 6.07) is 1.43. The van der Waals surface area contributed by atoms with Crippen molar-refractivity contribution in [1.82, 2.24) is 4.98 Å². The van der Waals surface area contributed by atoms with Crippen LogP contribution in [0.3, 0.4) is 0 Å². The summed E-state index contributed by atoms with van der Waals surface area (Å²) in [6.45, 7) is 10.4. The number of aromatic nitrogens is 1. The van der Waals surface area contributed by atoms with E-state index in [1.807, 2.05) is 6.92 Å². The number of aryl methyl sites for hydroxylation is 1. The first-order chi connectivity index (χ1) is 13.8. The number of carbonyl (C=O) groups excluding carboxylic acids is 3. The summed E-state index contributed by atoms with van der Waals surface area (Å²) in [5.74, 6) is -1.44. The third-order valence-corrected chi connectivity index (χ3v) is 5.82. The first-order valence-electron chi connectivity index (χ1n) is 9.05. The van der Waals surface area contributed by atoms with Gasteiger partial charge in [-0.05, 0) is 32.4 Å². The van der Waals surface area contributed by atoms with Gasteiger partial charge in [0.25, 0.3) is 5.91 Å². The SMILES string of the molecule is Cc1sc(NC(=O)C(C)(C)C)c(C(=O)O[C@@H](C)C(=O)Nc2ncc(Cl)cc2Cl)c1C. The number of carbonyl (C=O) groups is 3. The Morgan fingerprint density at radius 1 is 1.17 bits per heavy atom. The Hall–Kier alpha value is -2.16. The highest BCUT2D eigenvalue weighted by molar-refractivity contribution is 7.16. The molecule has 162 valence electrons. The molecule has 0 unspecified atom stereocenters. The van der Waals surface area contributed by atoms with Gasteiger partial charge in [-0.15, -0.1) is 11.3 Å². The molecule has 0 radical (unpaired) electrons. The highest BCUT2D eigenvalue weighted by Crippen LogP contribution is 2.34. The fraction of sp³-hybridized carbons (Fsp3) is 0.400. The molecule has 2 aromatic heterocycles. The van der Waals surface area contributed by atoms with E-state index >= 15 is 0 Å². The van der Waals surface area contributed by atoms with Crippen molar-refractivity contribution in [2.24, 2.45) is 5.41 Å². The minimum atomic E-state index is -1.13. The smallest absolute Gasteiger partial charge is 0.342 e. The molecule has 0 bridgehead atoms. The van der Waals surface area contributed by atoms with E-state index in [4.69, 9.17) is 27.9 Å². The Kier molecular flexibility index (Phi) is 7.49. The molecule has 0 spiro atoms. The van der Waals surface area contributed by atoms with Crippen molar-refractivity contribution >= 4 is 63.1 Å². The minimum absolute atomic E-state index is 0.106. The van der Waals surface area contributed by atoms with Crippen molar-refractivity contribution in [3.8, 4) is 0 Å². The zero-order valence-corrected chi connectivity index (χ0v) is 19.8. The van der Waals surface area contributed by atoms with Gasteiger partial charge in [-0.3, -0.25) is 9.59 Å². The van der Waals surface area contributed by atoms with Gasteiger partial charge in [0.1, 0.15) is 5.00 Å². The zero-order chi connectivity index (χ0) is 22.8. The molecule has 2 N–H and O–H groups in total. The fourth-order valence-electron chi connectivity index (χ4n) is 2.25. The summed E-state index contributed by atoms with van der Waals surface area (Å²) < 4.78 is 5.34. The Labute approximate surface area is 189 Å². The average Bonchev–Trinajstić information content (AvgIpc) is 2.90. The highest BCUT2D eigenvalue weighted by Gasteiger charge is 2.29. The lowest BCUT2D eigenvalue weighted by Gasteiger charge is -2.18. The summed E-state index contributed by atoms with van der Waals surface area (Å²) in [6.07, 6.45) is 0.207. The summed E-state index contributed by atoms with van der Waals surface area (Å²) in [4.78, 5) is 42.4. The molecule has 7 nitrogen and oxygen atoms in total. The van der Waals surface area contributed by atoms with Crippen molar-refractivity contribution in [2.75, 3.05) is 10.6 Å². The van der Waals surface area contributed by atoms with Gasteiger partial charge in [-0.25, -0.2) is 9.78 Å². The lowest BCUT2D eigenvalue weighted by Crippen LogP contribution is -2.31. The number of ether oxygens (including phenoxy) is 1. The van der Waals surface area contributed by atoms with Gasteiger partial charge < -0.3 is 15.4 Å². The molecule has 2 amide bonds. The molecular formula is C20H23Cl2N3O4S. The maximum Gasteiger partial charge on any atom is 0.342 e. The summed E-state index contributed by atoms with van der Waals surface area (Å²) >= 11 is 13.1. The van der Waals surface area contributed by atoms with Crippen LogP contribution in [0.15, 0.2) is 12.3 Å². The number of esters is 1. The number of halogens is 2. The number of nitrogens with one attached hydrogen (secondary N) is 2. The van der Waals surface area contributed by atoms with Crippen LogP contribution in [-0.4, -0.2) is 28.9 Å². The predicted octanol–water partition coefficient (Wildman–Crippen LogP) is 5.24. The number of nitrogens with zero attached hydrogens (tertiary/aromatic N) is 1. The standard InChI is InChI=1S/C20H23Cl2N3O4S/c1-9-11(3)30-17(25-19(28)20(4,5)6)14(9)18(27)29-10(2)16(26)24-15-13(22)7-12(21)8-23-15/h7-8,10H,1-6H3,(H,25,28)(H,23,24,26)/t10-/m0/s1. The van der Waals surface area contributed by atoms with Gasteiger partial charge in [0.05, 0.1) is 15.6 Å². The summed E-state index contributed by atoms with van der Waals surface area (Å²) in [7, 11) is 0. The second-order valence-electron chi connectivity index (χ2n) is 7.71. The van der Waals surface area contributed by atoms with E-state index in [-0.39, 0.29) is 22.3 Å². The quantitative estimate of drug-likeness (QED) is 0.581. The average molecular weight is 472 g/mol. The van der Waals surface area contributed by atoms with E-state index in [2.05, 4.69) is 15.6 Å². The second kappa shape index (κ2) is 9.32. The molecule has 10 heteroatoms. The number of rotatable bonds is 5. The van der Waals surface area contributed by atoms with Gasteiger partial charge in [-0.1, -0.05) is 44.0 Å². The van der Waals surface area contributed by atoms with Crippen LogP contribution >= 0.6 is 34.5 Å². The van der Waals surface area contributed by atoms with Crippen LogP contribution in [0.4, 0.5) is 10.8 Å². The molecule has 0 aliphatic carbocycles. The lowest BCUT2D eigenvalue weighted by molar-refractivity contribution is -0.124. The van der Waals surface area contributed by atoms with Gasteiger partial charge in [0.15, 0.2) is 11.9 Å². The van der Waals surface area contributed by atoms with Crippen molar-refractivity contribution < 1.29 is 19.1 Å². The van der Waals surface area contributed by atoms with Crippen LogP contribution < -0.4 is 10.6 Å². The van der Waals surface area contributed by atoms with Crippen molar-refractivity contribution in [3.63, 3.8) is 0 Å². The lowest BCUT2D eigenvalue weighted by atomic mass is 9.96. The van der Waals surface area contributed by atoms with E-state index < -0.39 is 23.4 Å². The van der Waals surface area contributed by atoms with Crippen molar-refractivity contribution in [1.29, 1.82) is 0 Å². The number of hydrogen-bond acceptors (Lipinski definition) is 6. The number of pyridine rings is 1. The summed E-state index contributed by atoms with van der Waals surface area (Å²) in [5, 5.41) is 6.16. The van der Waals surface area contributed by atoms with Crippen molar-refractivity contribution in [3.05, 3.63) is 38.3 Å². The largest absolute Gasteiger partial charge is 0.449 e. The predicted molar refractivity (Wildman–Crippen MR) is 120 cm³/mol. The number of amides is 2. The molecule has 0 aliphatic heterocycles. The molecule has 1 atom stereocenters. The molecule has 0 saturated heterocycles. The molecular weight excluding hydrogens is 449 g/mol. The van der Waals surface area contributed by atoms with Crippen molar-refractivity contribution in [2.45, 2.75) is 47.6 Å². The Balaban J connectivity index is 2.16. The molecule has 0 aliphatic rings. The van der Waals surface area contributed by atoms with Crippen LogP contribution in [-0.2, 0) is 14.3 Å². The third-order valence-electron chi connectivity index (χ3n) is 4.20. The maximum absolute atomic E-state index is 12.8. The second-order valence-corrected chi connectivity index (χ2v) is 9.78. The first kappa shape index (κ1) is 24.1. The molecule has 2 heterocycles. The fourth-order valence-corrected chi connectivity index (χ4v) is 3.72. The Morgan fingerprint density at radius 2 is 1.80 bits per heavy atom. The molecule has 2 aromatic rings. The Bertz CT molecular complexity index is 999. The normalized spacial score (nSPS) is 12.3. The molecule has 0 aromatic carbocycles. The highest BCUT2D eigenvalue weighted by atomic mass is 35.5. The molecule has 0 fully saturated rings. The van der Waals surface area contributed by atoms with Crippen LogP contribution in [0, 0.1) is 19.3 Å². The van der Waals surface area contributed by atoms with E-state index in [0.717, 1.165) is 4.88 Å². The molecule has 30 heavy (non-hydrogen) atoms. The maximum atomic E-state index is 12.8. The number of hydrogen-bond donors (Lipinski definition) is 2. The van der Waals surface area contributed by atoms with Gasteiger partial charge in [0.2, 0.25) is 5.91 Å². The minimum Gasteiger partial charge on any atom is -0.449 e. The van der Waals surface area contributed by atoms with Gasteiger partial charge in [0, 0.05) is 16.5 Å². The topological polar surface area (TPSA) is 97.4 Å². The van der Waals surface area contributed by atoms with E-state index in [0.29, 0.717) is 15.6 Å². The van der Waals surface area contributed by atoms with E-state index in [9.17, 15) is 14.4 Å². The third kappa shape index (κ3) is 5.71. The van der Waals surface area contributed by atoms with Gasteiger partial charge in [-0.2, -0.15) is 0 Å². The van der Waals surface area contributed by atoms with Crippen LogP contribution in [0.5, 0.6) is 0 Å². The number of anilines is 2. The van der Waals surface area contributed by atoms with E-state index in [1.54, 1.807) is 27.7 Å². The zero-order valence-electron chi connectivity index (χ0n) is 17.5. The number of thiophene rings is 1. The van der Waals surface area contributed by atoms with Crippen LogP contribution in [0.25, 0.3) is 0 Å². The van der Waals surface area contributed by atoms with Crippen LogP contribution in [0.2, 0.25) is 10.0 Å². The van der Waals surface area contributed by atoms with Gasteiger partial charge >= 0.3 is 5.97 Å². The molecule has 2 rings (SSSR count).